The van der Waals surface area contributed by atoms with Gasteiger partial charge in [-0.1, -0.05) is 689 Å². The Morgan fingerprint density at radius 3 is 0.230 bits per heavy atom. The van der Waals surface area contributed by atoms with Gasteiger partial charge in [0.25, 0.3) is 0 Å². The molecule has 0 bridgehead atoms. The lowest BCUT2D eigenvalue weighted by molar-refractivity contribution is -0.148. The van der Waals surface area contributed by atoms with Crippen LogP contribution < -0.4 is 0 Å². The molecule has 12 nitrogen and oxygen atoms in total. The molecule has 0 unspecified atom stereocenters. The van der Waals surface area contributed by atoms with E-state index in [9.17, 15) is 28.8 Å². The van der Waals surface area contributed by atoms with E-state index < -0.39 is 17.9 Å². The molecule has 0 spiro atoms. The van der Waals surface area contributed by atoms with Gasteiger partial charge in [-0.2, -0.15) is 0 Å². The zero-order valence-electron chi connectivity index (χ0n) is 99.9. The highest BCUT2D eigenvalue weighted by molar-refractivity contribution is 5.78. The molecule has 0 heterocycles. The van der Waals surface area contributed by atoms with Crippen molar-refractivity contribution in [1.82, 2.24) is 0 Å². The monoisotopic (exact) mass is 1980 g/mol. The van der Waals surface area contributed by atoms with Crippen molar-refractivity contribution in [2.24, 2.45) is 0 Å². The fourth-order valence-electron chi connectivity index (χ4n) is 15.9. The Balaban J connectivity index is -0.000000144. The van der Waals surface area contributed by atoms with Gasteiger partial charge in [-0.3, -0.25) is 28.8 Å². The molecule has 0 aliphatic heterocycles. The second-order valence-electron chi connectivity index (χ2n) is 39.8. The maximum absolute atomic E-state index is 10.6. The standard InChI is InChI=1S/4C14H30.2C13H28.2C12H26.3C7H12O4/c4*1-3-5-7-9-11-13-14-12-10-8-6-4-2;2*1-3-5-7-9-11-13-12-10-8-6-4-2;2*1-3-5-7-9-11-12-10-8-6-4-2;3*1-3-11-7(9)5-4-6(8)10-2/h4*3-14H2,1-2H3;2*3-13H2,1-2H3;2*3-12H2,1-2H3;3*3-5H2,1-2H3. The number of hydrogen-bond acceptors (Lipinski definition) is 12. The molecule has 0 aromatic heterocycles. The van der Waals surface area contributed by atoms with Crippen molar-refractivity contribution in [2.75, 3.05) is 41.2 Å². The highest BCUT2D eigenvalue weighted by atomic mass is 16.5. The maximum atomic E-state index is 10.6. The molecule has 0 radical (unpaired) electrons. The van der Waals surface area contributed by atoms with Crippen LogP contribution in [-0.4, -0.2) is 77.0 Å². The van der Waals surface area contributed by atoms with Crippen molar-refractivity contribution < 1.29 is 57.2 Å². The number of rotatable bonds is 94. The topological polar surface area (TPSA) is 158 Å². The van der Waals surface area contributed by atoms with Crippen LogP contribution in [0.1, 0.15) is 748 Å². The van der Waals surface area contributed by atoms with E-state index in [0.717, 1.165) is 0 Å². The van der Waals surface area contributed by atoms with Crippen LogP contribution in [0.3, 0.4) is 0 Å². The summed E-state index contributed by atoms with van der Waals surface area (Å²) < 4.78 is 26.8. The minimum atomic E-state index is -0.391. The number of unbranched alkanes of at least 4 members (excludes halogenated alkanes) is 82. The minimum absolute atomic E-state index is 0.0926. The highest BCUT2D eigenvalue weighted by Crippen LogP contribution is 2.20. The number of ether oxygens (including phenoxy) is 6. The van der Waals surface area contributed by atoms with Gasteiger partial charge in [0.05, 0.1) is 79.7 Å². The van der Waals surface area contributed by atoms with Gasteiger partial charge in [0.1, 0.15) is 0 Å². The van der Waals surface area contributed by atoms with Crippen LogP contribution in [0, 0.1) is 0 Å². The van der Waals surface area contributed by atoms with Crippen molar-refractivity contribution in [1.29, 1.82) is 0 Å². The minimum Gasteiger partial charge on any atom is -0.469 e. The molecule has 0 aliphatic carbocycles. The van der Waals surface area contributed by atoms with Crippen LogP contribution >= 0.6 is 0 Å². The average molecular weight is 1980 g/mol. The number of methoxy groups -OCH3 is 3. The van der Waals surface area contributed by atoms with Crippen LogP contribution in [0.5, 0.6) is 0 Å². The first-order valence-corrected chi connectivity index (χ1v) is 62.6. The van der Waals surface area contributed by atoms with Gasteiger partial charge in [0.15, 0.2) is 0 Å². The van der Waals surface area contributed by atoms with Crippen LogP contribution in [-0.2, 0) is 57.2 Å². The third kappa shape index (κ3) is 201. The lowest BCUT2D eigenvalue weighted by Gasteiger charge is -2.01. The van der Waals surface area contributed by atoms with E-state index in [2.05, 4.69) is 139 Å². The summed E-state index contributed by atoms with van der Waals surface area (Å²) >= 11 is 0. The second kappa shape index (κ2) is 168. The Morgan fingerprint density at radius 2 is 0.173 bits per heavy atom. The average Bonchev–Trinajstić information content (AvgIpc) is 1.04. The molecule has 0 aliphatic rings. The Kier molecular flexibility index (Phi) is 192. The third-order valence-corrected chi connectivity index (χ3v) is 25.4. The van der Waals surface area contributed by atoms with E-state index >= 15 is 0 Å². The lowest BCUT2D eigenvalue weighted by Crippen LogP contribution is -2.08. The molecule has 0 fully saturated rings. The first-order valence-electron chi connectivity index (χ1n) is 62.6. The molecule has 0 amide bonds. The summed E-state index contributed by atoms with van der Waals surface area (Å²) in [7, 11) is 3.86. The van der Waals surface area contributed by atoms with Crippen molar-refractivity contribution in [2.45, 2.75) is 748 Å². The Morgan fingerprint density at radius 1 is 0.108 bits per heavy atom. The number of hydrogen-bond donors (Lipinski definition) is 0. The molecule has 844 valence electrons. The zero-order valence-corrected chi connectivity index (χ0v) is 99.9. The predicted molar refractivity (Wildman–Crippen MR) is 620 cm³/mol. The molecule has 0 saturated carbocycles. The van der Waals surface area contributed by atoms with E-state index in [4.69, 9.17) is 0 Å². The van der Waals surface area contributed by atoms with Crippen LogP contribution in [0.4, 0.5) is 0 Å². The van der Waals surface area contributed by atoms with E-state index in [0.29, 0.717) is 19.8 Å². The summed E-state index contributed by atoms with van der Waals surface area (Å²) in [5.74, 6) is -2.26. The van der Waals surface area contributed by atoms with Crippen LogP contribution in [0.2, 0.25) is 0 Å². The summed E-state index contributed by atoms with van der Waals surface area (Å²) in [6, 6.07) is 0. The first kappa shape index (κ1) is 158. The summed E-state index contributed by atoms with van der Waals surface area (Å²) in [6.45, 7) is 42.7. The summed E-state index contributed by atoms with van der Waals surface area (Å²) in [6.07, 6.45) is 131. The summed E-state index contributed by atoms with van der Waals surface area (Å²) in [5.41, 5.74) is 0. The van der Waals surface area contributed by atoms with Gasteiger partial charge >= 0.3 is 35.8 Å². The smallest absolute Gasteiger partial charge is 0.306 e. The number of carbonyl (C=O) groups is 6. The normalized spacial score (nSPS) is 10.2. The summed E-state index contributed by atoms with van der Waals surface area (Å²) in [4.78, 5) is 63.4. The van der Waals surface area contributed by atoms with E-state index in [1.54, 1.807) is 20.8 Å². The quantitative estimate of drug-likeness (QED) is 0.0323. The van der Waals surface area contributed by atoms with E-state index in [1.807, 2.05) is 0 Å². The fourth-order valence-corrected chi connectivity index (χ4v) is 15.9. The summed E-state index contributed by atoms with van der Waals surface area (Å²) in [5, 5.41) is 0. The molecule has 0 saturated heterocycles. The van der Waals surface area contributed by atoms with Gasteiger partial charge in [-0.05, 0) is 20.8 Å². The molecular weight excluding hydrogens is 1720 g/mol. The third-order valence-electron chi connectivity index (χ3n) is 25.4. The van der Waals surface area contributed by atoms with Crippen molar-refractivity contribution in [3.63, 3.8) is 0 Å². The molecule has 0 atom stereocenters. The van der Waals surface area contributed by atoms with Crippen LogP contribution in [0.15, 0.2) is 0 Å². The molecule has 0 N–H and O–H groups in total. The molecule has 0 aromatic carbocycles. The fraction of sp³-hybridized carbons (Fsp3) is 0.953. The molecular formula is C127H264O12. The predicted octanol–water partition coefficient (Wildman–Crippen LogP) is 44.8. The number of esters is 6. The van der Waals surface area contributed by atoms with Crippen molar-refractivity contribution >= 4 is 35.8 Å². The molecule has 0 rings (SSSR count). The van der Waals surface area contributed by atoms with Gasteiger partial charge < -0.3 is 28.4 Å². The lowest BCUT2D eigenvalue weighted by atomic mass is 10.1. The Hall–Kier alpha value is -3.18. The number of carbonyl (C=O) groups excluding carboxylic acids is 6. The molecule has 12 heteroatoms. The Bertz CT molecular complexity index is 1740. The van der Waals surface area contributed by atoms with Gasteiger partial charge in [0.2, 0.25) is 0 Å². The maximum Gasteiger partial charge on any atom is 0.306 e. The largest absolute Gasteiger partial charge is 0.469 e. The van der Waals surface area contributed by atoms with Crippen molar-refractivity contribution in [3.05, 3.63) is 0 Å². The zero-order chi connectivity index (χ0) is 106. The van der Waals surface area contributed by atoms with Gasteiger partial charge in [0, 0.05) is 0 Å². The van der Waals surface area contributed by atoms with E-state index in [-0.39, 0.29) is 56.4 Å². The van der Waals surface area contributed by atoms with Gasteiger partial charge in [-0.15, -0.1) is 0 Å². The molecule has 0 aromatic rings. The van der Waals surface area contributed by atoms with E-state index in [1.165, 1.54) is 599 Å². The second-order valence-corrected chi connectivity index (χ2v) is 39.8. The SMILES string of the molecule is CCCCCCCCCCCC.CCCCCCCCCCCC.CCCCCCCCCCCCC.CCCCCCCCCCCCC.CCCCCCCCCCCCCC.CCCCCCCCCCCCCC.CCCCCCCCCCCCCC.CCCCCCCCCCCCCC.CCOC(=O)CCC(=O)OC.CCOC(=O)CCC(=O)OC.CCOC(=O)CCC(=O)OC. The van der Waals surface area contributed by atoms with Gasteiger partial charge in [-0.25, -0.2) is 0 Å². The van der Waals surface area contributed by atoms with Crippen molar-refractivity contribution in [3.8, 4) is 0 Å². The molecule has 139 heavy (non-hydrogen) atoms. The highest BCUT2D eigenvalue weighted by Gasteiger charge is 2.10. The Labute approximate surface area is 876 Å². The first-order chi connectivity index (χ1) is 67.9. The van der Waals surface area contributed by atoms with Crippen LogP contribution in [0.25, 0.3) is 0 Å².